The van der Waals surface area contributed by atoms with Crippen molar-refractivity contribution < 1.29 is 4.39 Å². The van der Waals surface area contributed by atoms with Gasteiger partial charge in [0, 0.05) is 6.42 Å². The van der Waals surface area contributed by atoms with E-state index in [1.165, 1.54) is 11.1 Å². The highest BCUT2D eigenvalue weighted by molar-refractivity contribution is 5.28. The van der Waals surface area contributed by atoms with Gasteiger partial charge < -0.3 is 5.73 Å². The van der Waals surface area contributed by atoms with Crippen LogP contribution in [0.15, 0.2) is 18.2 Å². The Morgan fingerprint density at radius 3 is 2.29 bits per heavy atom. The van der Waals surface area contributed by atoms with E-state index in [9.17, 15) is 4.39 Å². The van der Waals surface area contributed by atoms with Crippen LogP contribution < -0.4 is 5.73 Å². The lowest BCUT2D eigenvalue weighted by atomic mass is 10.0. The summed E-state index contributed by atoms with van der Waals surface area (Å²) in [5, 5.41) is 0. The summed E-state index contributed by atoms with van der Waals surface area (Å²) in [6.45, 7) is 4.49. The van der Waals surface area contributed by atoms with Gasteiger partial charge in [-0.2, -0.15) is 0 Å². The van der Waals surface area contributed by atoms with E-state index in [2.05, 4.69) is 6.07 Å². The SMILES string of the molecule is Cc1cc(C)cc(CC(F)CCN)c1. The Bertz CT molecular complexity index is 276. The average Bonchev–Trinajstić information content (AvgIpc) is 2.01. The fourth-order valence-electron chi connectivity index (χ4n) is 1.73. The number of hydrogen-bond donors (Lipinski definition) is 1. The largest absolute Gasteiger partial charge is 0.330 e. The van der Waals surface area contributed by atoms with Crippen LogP contribution >= 0.6 is 0 Å². The first-order valence-corrected chi connectivity index (χ1v) is 5.03. The molecule has 1 atom stereocenters. The second-order valence-electron chi connectivity index (χ2n) is 3.87. The van der Waals surface area contributed by atoms with Crippen molar-refractivity contribution in [2.24, 2.45) is 5.73 Å². The van der Waals surface area contributed by atoms with Gasteiger partial charge in [0.15, 0.2) is 0 Å². The molecule has 0 aliphatic carbocycles. The maximum atomic E-state index is 13.3. The molecule has 2 N–H and O–H groups in total. The molecule has 0 aromatic heterocycles. The molecule has 2 heteroatoms. The molecular formula is C12H18FN. The van der Waals surface area contributed by atoms with E-state index in [1.54, 1.807) is 0 Å². The molecule has 1 rings (SSSR count). The lowest BCUT2D eigenvalue weighted by Crippen LogP contribution is -2.11. The lowest BCUT2D eigenvalue weighted by molar-refractivity contribution is 0.316. The van der Waals surface area contributed by atoms with Gasteiger partial charge in [0.2, 0.25) is 0 Å². The van der Waals surface area contributed by atoms with Crippen LogP contribution in [-0.2, 0) is 6.42 Å². The molecule has 0 aliphatic rings. The summed E-state index contributed by atoms with van der Waals surface area (Å²) in [5.41, 5.74) is 8.76. The molecule has 0 spiro atoms. The zero-order valence-electron chi connectivity index (χ0n) is 8.89. The predicted octanol–water partition coefficient (Wildman–Crippen LogP) is 2.53. The summed E-state index contributed by atoms with van der Waals surface area (Å²) in [6.07, 6.45) is 0.133. The van der Waals surface area contributed by atoms with Crippen LogP contribution in [0.25, 0.3) is 0 Å². The van der Waals surface area contributed by atoms with Gasteiger partial charge in [-0.25, -0.2) is 4.39 Å². The van der Waals surface area contributed by atoms with Crippen LogP contribution in [0.5, 0.6) is 0 Å². The average molecular weight is 195 g/mol. The minimum Gasteiger partial charge on any atom is -0.330 e. The monoisotopic (exact) mass is 195 g/mol. The Morgan fingerprint density at radius 2 is 1.79 bits per heavy atom. The van der Waals surface area contributed by atoms with Crippen LogP contribution in [0.1, 0.15) is 23.1 Å². The molecule has 1 aromatic rings. The number of benzene rings is 1. The highest BCUT2D eigenvalue weighted by Gasteiger charge is 2.06. The smallest absolute Gasteiger partial charge is 0.105 e. The third-order valence-electron chi connectivity index (χ3n) is 2.22. The number of hydrogen-bond acceptors (Lipinski definition) is 1. The summed E-state index contributed by atoms with van der Waals surface area (Å²) in [4.78, 5) is 0. The molecule has 0 heterocycles. The standard InChI is InChI=1S/C12H18FN/c1-9-5-10(2)7-11(6-9)8-12(13)3-4-14/h5-7,12H,3-4,8,14H2,1-2H3. The van der Waals surface area contributed by atoms with Crippen molar-refractivity contribution in [2.75, 3.05) is 6.54 Å². The molecule has 0 radical (unpaired) electrons. The van der Waals surface area contributed by atoms with Gasteiger partial charge in [-0.05, 0) is 32.4 Å². The van der Waals surface area contributed by atoms with Crippen LogP contribution in [0.4, 0.5) is 4.39 Å². The van der Waals surface area contributed by atoms with E-state index in [-0.39, 0.29) is 0 Å². The maximum Gasteiger partial charge on any atom is 0.105 e. The maximum absolute atomic E-state index is 13.3. The highest BCUT2D eigenvalue weighted by atomic mass is 19.1. The minimum absolute atomic E-state index is 0.423. The topological polar surface area (TPSA) is 26.0 Å². The van der Waals surface area contributed by atoms with Gasteiger partial charge in [-0.15, -0.1) is 0 Å². The van der Waals surface area contributed by atoms with E-state index in [0.717, 1.165) is 5.56 Å². The van der Waals surface area contributed by atoms with Gasteiger partial charge >= 0.3 is 0 Å². The fraction of sp³-hybridized carbons (Fsp3) is 0.500. The van der Waals surface area contributed by atoms with E-state index in [1.807, 2.05) is 26.0 Å². The van der Waals surface area contributed by atoms with Crippen molar-refractivity contribution in [1.29, 1.82) is 0 Å². The van der Waals surface area contributed by atoms with E-state index < -0.39 is 6.17 Å². The first kappa shape index (κ1) is 11.2. The highest BCUT2D eigenvalue weighted by Crippen LogP contribution is 2.13. The van der Waals surface area contributed by atoms with Crippen molar-refractivity contribution in [2.45, 2.75) is 32.9 Å². The Hall–Kier alpha value is -0.890. The van der Waals surface area contributed by atoms with Gasteiger partial charge in [0.05, 0.1) is 0 Å². The lowest BCUT2D eigenvalue weighted by Gasteiger charge is -2.08. The van der Waals surface area contributed by atoms with E-state index in [4.69, 9.17) is 5.73 Å². The van der Waals surface area contributed by atoms with Crippen LogP contribution in [-0.4, -0.2) is 12.7 Å². The van der Waals surface area contributed by atoms with Crippen LogP contribution in [0.3, 0.4) is 0 Å². The summed E-state index contributed by atoms with van der Waals surface area (Å²) in [6, 6.07) is 6.17. The second-order valence-corrected chi connectivity index (χ2v) is 3.87. The Labute approximate surface area is 85.1 Å². The third-order valence-corrected chi connectivity index (χ3v) is 2.22. The van der Waals surface area contributed by atoms with Gasteiger partial charge in [-0.1, -0.05) is 29.3 Å². The fourth-order valence-corrected chi connectivity index (χ4v) is 1.73. The Kier molecular flexibility index (Phi) is 4.08. The van der Waals surface area contributed by atoms with Crippen molar-refractivity contribution >= 4 is 0 Å². The van der Waals surface area contributed by atoms with Crippen molar-refractivity contribution in [3.63, 3.8) is 0 Å². The van der Waals surface area contributed by atoms with Crippen molar-refractivity contribution in [3.8, 4) is 0 Å². The number of halogens is 1. The summed E-state index contributed by atoms with van der Waals surface area (Å²) < 4.78 is 13.3. The number of rotatable bonds is 4. The summed E-state index contributed by atoms with van der Waals surface area (Å²) in [5.74, 6) is 0. The molecule has 1 nitrogen and oxygen atoms in total. The molecule has 1 aromatic carbocycles. The molecule has 78 valence electrons. The number of alkyl halides is 1. The van der Waals surface area contributed by atoms with Crippen LogP contribution in [0.2, 0.25) is 0 Å². The first-order valence-electron chi connectivity index (χ1n) is 5.03. The number of aryl methyl sites for hydroxylation is 2. The first-order chi connectivity index (χ1) is 6.61. The number of nitrogens with two attached hydrogens (primary N) is 1. The Morgan fingerprint density at radius 1 is 1.21 bits per heavy atom. The zero-order valence-corrected chi connectivity index (χ0v) is 8.89. The van der Waals surface area contributed by atoms with Crippen molar-refractivity contribution in [1.82, 2.24) is 0 Å². The van der Waals surface area contributed by atoms with Gasteiger partial charge in [-0.3, -0.25) is 0 Å². The second kappa shape index (κ2) is 5.11. The van der Waals surface area contributed by atoms with Crippen LogP contribution in [0, 0.1) is 13.8 Å². The minimum atomic E-state index is -0.804. The predicted molar refractivity (Wildman–Crippen MR) is 58.2 cm³/mol. The van der Waals surface area contributed by atoms with E-state index in [0.29, 0.717) is 19.4 Å². The molecule has 0 bridgehead atoms. The quantitative estimate of drug-likeness (QED) is 0.785. The molecule has 0 fully saturated rings. The molecular weight excluding hydrogens is 177 g/mol. The third kappa shape index (κ3) is 3.46. The van der Waals surface area contributed by atoms with E-state index >= 15 is 0 Å². The molecule has 1 unspecified atom stereocenters. The molecule has 14 heavy (non-hydrogen) atoms. The molecule has 0 aliphatic heterocycles. The molecule has 0 saturated carbocycles. The summed E-state index contributed by atoms with van der Waals surface area (Å²) >= 11 is 0. The summed E-state index contributed by atoms with van der Waals surface area (Å²) in [7, 11) is 0. The van der Waals surface area contributed by atoms with Gasteiger partial charge in [0.1, 0.15) is 6.17 Å². The van der Waals surface area contributed by atoms with Crippen molar-refractivity contribution in [3.05, 3.63) is 34.9 Å². The molecule has 0 saturated heterocycles. The molecule has 0 amide bonds. The zero-order chi connectivity index (χ0) is 10.6. The van der Waals surface area contributed by atoms with Gasteiger partial charge in [0.25, 0.3) is 0 Å². The normalized spacial score (nSPS) is 12.9. The Balaban J connectivity index is 2.66.